The summed E-state index contributed by atoms with van der Waals surface area (Å²) in [7, 11) is 0. The summed E-state index contributed by atoms with van der Waals surface area (Å²) >= 11 is 5.63. The molecular weight excluding hydrogens is 265 g/mol. The van der Waals surface area contributed by atoms with Crippen LogP contribution in [0.15, 0.2) is 18.3 Å². The minimum atomic E-state index is -4.32. The average molecular weight is 279 g/mol. The van der Waals surface area contributed by atoms with Crippen molar-refractivity contribution >= 4 is 11.8 Å². The number of alkyl halides is 3. The Hall–Kier alpha value is -0.810. The van der Waals surface area contributed by atoms with E-state index in [2.05, 4.69) is 9.82 Å². The van der Waals surface area contributed by atoms with Crippen LogP contribution in [0.4, 0.5) is 13.2 Å². The Labute approximate surface area is 109 Å². The quantitative estimate of drug-likeness (QED) is 0.855. The Kier molecular flexibility index (Phi) is 4.12. The van der Waals surface area contributed by atoms with Crippen molar-refractivity contribution in [1.29, 1.82) is 0 Å². The fourth-order valence-corrected chi connectivity index (χ4v) is 2.69. The van der Waals surface area contributed by atoms with E-state index in [1.54, 1.807) is 0 Å². The molecular formula is C12H14ClF3N2. The Morgan fingerprint density at radius 3 is 2.67 bits per heavy atom. The second-order valence-electron chi connectivity index (χ2n) is 4.65. The van der Waals surface area contributed by atoms with Crippen LogP contribution in [0.2, 0.25) is 0 Å². The maximum absolute atomic E-state index is 12.4. The molecule has 1 N–H and O–H groups in total. The van der Waals surface area contributed by atoms with Crippen molar-refractivity contribution in [2.45, 2.75) is 37.9 Å². The summed E-state index contributed by atoms with van der Waals surface area (Å²) in [6.07, 6.45) is 0.382. The van der Waals surface area contributed by atoms with E-state index in [1.165, 1.54) is 6.07 Å². The van der Waals surface area contributed by atoms with Gasteiger partial charge in [-0.25, -0.2) is 4.84 Å². The molecule has 2 rings (SSSR count). The zero-order chi connectivity index (χ0) is 13.2. The van der Waals surface area contributed by atoms with E-state index in [0.717, 1.165) is 31.5 Å². The monoisotopic (exact) mass is 278 g/mol. The van der Waals surface area contributed by atoms with Crippen molar-refractivity contribution in [3.63, 3.8) is 0 Å². The van der Waals surface area contributed by atoms with Crippen LogP contribution in [0.25, 0.3) is 0 Å². The van der Waals surface area contributed by atoms with Gasteiger partial charge in [0, 0.05) is 17.9 Å². The summed E-state index contributed by atoms with van der Waals surface area (Å²) in [6, 6.07) is 2.77. The number of pyridine rings is 1. The molecule has 18 heavy (non-hydrogen) atoms. The minimum absolute atomic E-state index is 0.232. The highest BCUT2D eigenvalue weighted by atomic mass is 35.5. The molecule has 6 heteroatoms. The number of nitrogens with zero attached hydrogens (tertiary/aromatic N) is 1. The van der Waals surface area contributed by atoms with E-state index < -0.39 is 11.7 Å². The predicted molar refractivity (Wildman–Crippen MR) is 63.1 cm³/mol. The van der Waals surface area contributed by atoms with Crippen molar-refractivity contribution < 1.29 is 13.2 Å². The van der Waals surface area contributed by atoms with Crippen LogP contribution in [0.5, 0.6) is 0 Å². The molecule has 1 aliphatic rings. The third kappa shape index (κ3) is 3.14. The summed E-state index contributed by atoms with van der Waals surface area (Å²) in [5.41, 5.74) is -0.0171. The van der Waals surface area contributed by atoms with Gasteiger partial charge in [0.1, 0.15) is 0 Å². The highest BCUT2D eigenvalue weighted by Gasteiger charge is 2.31. The van der Waals surface area contributed by atoms with Gasteiger partial charge in [-0.15, -0.1) is 0 Å². The van der Waals surface area contributed by atoms with Gasteiger partial charge in [-0.2, -0.15) is 13.2 Å². The number of hydrogen-bond donors (Lipinski definition) is 1. The van der Waals surface area contributed by atoms with Crippen LogP contribution < -0.4 is 4.84 Å². The first-order valence-electron chi connectivity index (χ1n) is 5.89. The summed E-state index contributed by atoms with van der Waals surface area (Å²) < 4.78 is 37.1. The summed E-state index contributed by atoms with van der Waals surface area (Å²) in [5, 5.41) is 0. The minimum Gasteiger partial charge on any atom is -0.261 e. The SMILES string of the molecule is FC(F)(F)c1ccc(CC2CCCC2NCl)nc1. The van der Waals surface area contributed by atoms with E-state index in [-0.39, 0.29) is 6.04 Å². The van der Waals surface area contributed by atoms with Crippen LogP contribution in [0, 0.1) is 5.92 Å². The van der Waals surface area contributed by atoms with E-state index in [0.29, 0.717) is 18.0 Å². The first-order chi connectivity index (χ1) is 8.50. The van der Waals surface area contributed by atoms with Gasteiger partial charge in [-0.3, -0.25) is 4.98 Å². The number of hydrogen-bond acceptors (Lipinski definition) is 2. The smallest absolute Gasteiger partial charge is 0.261 e. The van der Waals surface area contributed by atoms with Crippen molar-refractivity contribution in [1.82, 2.24) is 9.82 Å². The first kappa shape index (κ1) is 13.6. The molecule has 1 aliphatic carbocycles. The van der Waals surface area contributed by atoms with Crippen LogP contribution in [-0.4, -0.2) is 11.0 Å². The molecule has 1 aromatic rings. The highest BCUT2D eigenvalue weighted by Crippen LogP contribution is 2.31. The molecule has 1 fully saturated rings. The third-order valence-electron chi connectivity index (χ3n) is 3.42. The maximum atomic E-state index is 12.4. The van der Waals surface area contributed by atoms with Crippen LogP contribution in [0.3, 0.4) is 0 Å². The molecule has 1 aromatic heterocycles. The highest BCUT2D eigenvalue weighted by molar-refractivity contribution is 6.13. The lowest BCUT2D eigenvalue weighted by atomic mass is 9.98. The summed E-state index contributed by atoms with van der Waals surface area (Å²) in [4.78, 5) is 6.62. The second-order valence-corrected chi connectivity index (χ2v) is 4.86. The fourth-order valence-electron chi connectivity index (χ4n) is 2.41. The molecule has 0 aromatic carbocycles. The van der Waals surface area contributed by atoms with Crippen molar-refractivity contribution in [2.75, 3.05) is 0 Å². The van der Waals surface area contributed by atoms with Crippen molar-refractivity contribution in [3.05, 3.63) is 29.6 Å². The first-order valence-corrected chi connectivity index (χ1v) is 6.27. The number of rotatable bonds is 3. The summed E-state index contributed by atoms with van der Waals surface area (Å²) in [5.74, 6) is 0.353. The lowest BCUT2D eigenvalue weighted by molar-refractivity contribution is -0.137. The number of aromatic nitrogens is 1. The largest absolute Gasteiger partial charge is 0.417 e. The lowest BCUT2D eigenvalue weighted by Gasteiger charge is -2.17. The zero-order valence-corrected chi connectivity index (χ0v) is 10.4. The standard InChI is InChI=1S/C12H14ClF3N2/c13-18-11-3-1-2-8(11)6-10-5-4-9(7-17-10)12(14,15)16/h4-5,7-8,11,18H,1-3,6H2. The molecule has 2 unspecified atom stereocenters. The summed E-state index contributed by atoms with van der Waals surface area (Å²) in [6.45, 7) is 0. The molecule has 2 atom stereocenters. The third-order valence-corrected chi connectivity index (χ3v) is 3.70. The molecule has 0 bridgehead atoms. The lowest BCUT2D eigenvalue weighted by Crippen LogP contribution is -2.26. The molecule has 1 heterocycles. The second kappa shape index (κ2) is 5.45. The van der Waals surface area contributed by atoms with Gasteiger partial charge in [0.2, 0.25) is 0 Å². The van der Waals surface area contributed by atoms with Crippen LogP contribution >= 0.6 is 11.8 Å². The topological polar surface area (TPSA) is 24.9 Å². The van der Waals surface area contributed by atoms with Crippen molar-refractivity contribution in [3.8, 4) is 0 Å². The zero-order valence-electron chi connectivity index (χ0n) is 9.67. The molecule has 1 saturated carbocycles. The molecule has 0 saturated heterocycles. The molecule has 0 aliphatic heterocycles. The molecule has 100 valence electrons. The molecule has 0 radical (unpaired) electrons. The van der Waals surface area contributed by atoms with E-state index in [4.69, 9.17) is 11.8 Å². The fraction of sp³-hybridized carbons (Fsp3) is 0.583. The van der Waals surface area contributed by atoms with Gasteiger partial charge in [0.05, 0.1) is 5.56 Å². The average Bonchev–Trinajstić information content (AvgIpc) is 2.76. The van der Waals surface area contributed by atoms with Crippen LogP contribution in [-0.2, 0) is 12.6 Å². The van der Waals surface area contributed by atoms with Crippen LogP contribution in [0.1, 0.15) is 30.5 Å². The van der Waals surface area contributed by atoms with E-state index >= 15 is 0 Å². The van der Waals surface area contributed by atoms with E-state index in [9.17, 15) is 13.2 Å². The Bertz CT molecular complexity index is 391. The van der Waals surface area contributed by atoms with Gasteiger partial charge in [0.15, 0.2) is 0 Å². The normalized spacial score (nSPS) is 24.4. The van der Waals surface area contributed by atoms with E-state index in [1.807, 2.05) is 0 Å². The van der Waals surface area contributed by atoms with Gasteiger partial charge in [-0.1, -0.05) is 6.42 Å². The van der Waals surface area contributed by atoms with Gasteiger partial charge >= 0.3 is 6.18 Å². The number of nitrogens with one attached hydrogen (secondary N) is 1. The molecule has 0 spiro atoms. The molecule has 2 nitrogen and oxygen atoms in total. The predicted octanol–water partition coefficient (Wildman–Crippen LogP) is 3.56. The van der Waals surface area contributed by atoms with Gasteiger partial charge in [-0.05, 0) is 49.1 Å². The molecule has 0 amide bonds. The number of halogens is 4. The van der Waals surface area contributed by atoms with Gasteiger partial charge in [0.25, 0.3) is 0 Å². The van der Waals surface area contributed by atoms with Crippen molar-refractivity contribution in [2.24, 2.45) is 5.92 Å². The van der Waals surface area contributed by atoms with Gasteiger partial charge < -0.3 is 0 Å². The Morgan fingerprint density at radius 2 is 2.11 bits per heavy atom. The Balaban J connectivity index is 2.02. The maximum Gasteiger partial charge on any atom is 0.417 e. The Morgan fingerprint density at radius 1 is 1.33 bits per heavy atom.